The first-order valence-electron chi connectivity index (χ1n) is 7.61. The van der Waals surface area contributed by atoms with E-state index < -0.39 is 0 Å². The molecule has 0 aliphatic rings. The summed E-state index contributed by atoms with van der Waals surface area (Å²) in [5.41, 5.74) is 1.30. The van der Waals surface area contributed by atoms with Crippen LogP contribution in [0.5, 0.6) is 5.75 Å². The summed E-state index contributed by atoms with van der Waals surface area (Å²) < 4.78 is 5.29. The first-order valence-corrected chi connectivity index (χ1v) is 7.61. The number of ether oxygens (including phenoxy) is 1. The van der Waals surface area contributed by atoms with Gasteiger partial charge in [-0.3, -0.25) is 0 Å². The number of benzene rings is 1. The quantitative estimate of drug-likeness (QED) is 0.697. The number of nitrogens with one attached hydrogen (secondary N) is 1. The van der Waals surface area contributed by atoms with Crippen LogP contribution in [0, 0.1) is 0 Å². The number of methoxy groups -OCH3 is 1. The van der Waals surface area contributed by atoms with Gasteiger partial charge in [0, 0.05) is 12.1 Å². The Morgan fingerprint density at radius 1 is 1.16 bits per heavy atom. The van der Waals surface area contributed by atoms with Crippen molar-refractivity contribution < 1.29 is 4.74 Å². The Balaban J connectivity index is 2.61. The van der Waals surface area contributed by atoms with Crippen molar-refractivity contribution in [3.8, 4) is 5.75 Å². The second-order valence-corrected chi connectivity index (χ2v) is 5.29. The van der Waals surface area contributed by atoms with Gasteiger partial charge in [0.15, 0.2) is 0 Å². The van der Waals surface area contributed by atoms with E-state index in [-0.39, 0.29) is 0 Å². The summed E-state index contributed by atoms with van der Waals surface area (Å²) in [6.45, 7) is 6.76. The van der Waals surface area contributed by atoms with E-state index in [1.54, 1.807) is 7.11 Å². The molecule has 0 aliphatic heterocycles. The Kier molecular flexibility index (Phi) is 7.57. The van der Waals surface area contributed by atoms with Crippen LogP contribution in [0.15, 0.2) is 24.3 Å². The molecule has 0 saturated carbocycles. The molecular weight excluding hydrogens is 234 g/mol. The van der Waals surface area contributed by atoms with E-state index in [1.807, 2.05) is 6.07 Å². The highest BCUT2D eigenvalue weighted by Gasteiger charge is 2.12. The van der Waals surface area contributed by atoms with Gasteiger partial charge in [-0.05, 0) is 37.5 Å². The highest BCUT2D eigenvalue weighted by molar-refractivity contribution is 5.30. The van der Waals surface area contributed by atoms with E-state index in [0.29, 0.717) is 12.1 Å². The van der Waals surface area contributed by atoms with Gasteiger partial charge in [-0.2, -0.15) is 0 Å². The monoisotopic (exact) mass is 263 g/mol. The van der Waals surface area contributed by atoms with Crippen molar-refractivity contribution in [3.63, 3.8) is 0 Å². The van der Waals surface area contributed by atoms with Gasteiger partial charge >= 0.3 is 0 Å². The van der Waals surface area contributed by atoms with Crippen molar-refractivity contribution in [3.05, 3.63) is 29.8 Å². The number of hydrogen-bond acceptors (Lipinski definition) is 2. The van der Waals surface area contributed by atoms with Crippen LogP contribution in [-0.4, -0.2) is 13.2 Å². The maximum atomic E-state index is 5.29. The molecule has 2 heteroatoms. The molecule has 19 heavy (non-hydrogen) atoms. The van der Waals surface area contributed by atoms with Crippen LogP contribution >= 0.6 is 0 Å². The van der Waals surface area contributed by atoms with Crippen LogP contribution in [0.1, 0.15) is 64.5 Å². The highest BCUT2D eigenvalue weighted by Crippen LogP contribution is 2.20. The predicted octanol–water partition coefficient (Wildman–Crippen LogP) is 4.70. The molecule has 1 aromatic rings. The smallest absolute Gasteiger partial charge is 0.119 e. The van der Waals surface area contributed by atoms with Crippen LogP contribution in [0.2, 0.25) is 0 Å². The van der Waals surface area contributed by atoms with Crippen molar-refractivity contribution in [1.82, 2.24) is 5.32 Å². The lowest BCUT2D eigenvalue weighted by molar-refractivity contribution is 0.392. The van der Waals surface area contributed by atoms with E-state index in [1.165, 1.54) is 37.7 Å². The molecule has 0 saturated heterocycles. The number of unbranched alkanes of at least 4 members (excludes halogenated alkanes) is 1. The normalized spacial score (nSPS) is 14.1. The Labute approximate surface area is 118 Å². The lowest BCUT2D eigenvalue weighted by atomic mass is 10.0. The van der Waals surface area contributed by atoms with Gasteiger partial charge < -0.3 is 10.1 Å². The second-order valence-electron chi connectivity index (χ2n) is 5.29. The number of rotatable bonds is 9. The zero-order chi connectivity index (χ0) is 14.1. The molecule has 2 nitrogen and oxygen atoms in total. The van der Waals surface area contributed by atoms with Gasteiger partial charge in [-0.15, -0.1) is 0 Å². The molecule has 2 atom stereocenters. The number of hydrogen-bond donors (Lipinski definition) is 1. The molecule has 0 amide bonds. The summed E-state index contributed by atoms with van der Waals surface area (Å²) in [6, 6.07) is 9.36. The maximum Gasteiger partial charge on any atom is 0.119 e. The Bertz CT molecular complexity index is 351. The molecule has 0 fully saturated rings. The molecule has 0 radical (unpaired) electrons. The zero-order valence-electron chi connectivity index (χ0n) is 12.9. The summed E-state index contributed by atoms with van der Waals surface area (Å²) in [5.74, 6) is 0.937. The van der Waals surface area contributed by atoms with E-state index in [0.717, 1.165) is 5.75 Å². The molecule has 1 aromatic carbocycles. The molecule has 0 bridgehead atoms. The molecular formula is C17H29NO. The van der Waals surface area contributed by atoms with Gasteiger partial charge in [-0.25, -0.2) is 0 Å². The van der Waals surface area contributed by atoms with Crippen molar-refractivity contribution >= 4 is 0 Å². The first-order chi connectivity index (χ1) is 9.21. The Hall–Kier alpha value is -1.02. The molecule has 1 N–H and O–H groups in total. The fourth-order valence-electron chi connectivity index (χ4n) is 2.47. The predicted molar refractivity (Wildman–Crippen MR) is 82.8 cm³/mol. The maximum absolute atomic E-state index is 5.29. The highest BCUT2D eigenvalue weighted by atomic mass is 16.5. The second kappa shape index (κ2) is 8.98. The summed E-state index contributed by atoms with van der Waals surface area (Å²) in [5, 5.41) is 3.76. The summed E-state index contributed by atoms with van der Waals surface area (Å²) in [4.78, 5) is 0. The minimum absolute atomic E-state index is 0.378. The lowest BCUT2D eigenvalue weighted by Crippen LogP contribution is -2.31. The van der Waals surface area contributed by atoms with Crippen molar-refractivity contribution in [2.45, 2.75) is 65.0 Å². The van der Waals surface area contributed by atoms with Crippen LogP contribution in [-0.2, 0) is 0 Å². The molecule has 2 unspecified atom stereocenters. The third-order valence-corrected chi connectivity index (χ3v) is 3.62. The lowest BCUT2D eigenvalue weighted by Gasteiger charge is -2.23. The van der Waals surface area contributed by atoms with Gasteiger partial charge in [0.05, 0.1) is 7.11 Å². The Morgan fingerprint density at radius 2 is 1.95 bits per heavy atom. The van der Waals surface area contributed by atoms with E-state index in [9.17, 15) is 0 Å². The van der Waals surface area contributed by atoms with Gasteiger partial charge in [0.2, 0.25) is 0 Å². The van der Waals surface area contributed by atoms with E-state index >= 15 is 0 Å². The molecule has 108 valence electrons. The Morgan fingerprint density at radius 3 is 2.58 bits per heavy atom. The summed E-state index contributed by atoms with van der Waals surface area (Å²) >= 11 is 0. The molecule has 0 spiro atoms. The molecule has 0 aliphatic carbocycles. The largest absolute Gasteiger partial charge is 0.497 e. The summed E-state index contributed by atoms with van der Waals surface area (Å²) in [6.07, 6.45) is 6.36. The average molecular weight is 263 g/mol. The van der Waals surface area contributed by atoms with Crippen molar-refractivity contribution in [2.24, 2.45) is 0 Å². The van der Waals surface area contributed by atoms with Crippen molar-refractivity contribution in [2.75, 3.05) is 7.11 Å². The fraction of sp³-hybridized carbons (Fsp3) is 0.647. The first kappa shape index (κ1) is 16.0. The van der Waals surface area contributed by atoms with Crippen LogP contribution in [0.25, 0.3) is 0 Å². The molecule has 0 aromatic heterocycles. The third-order valence-electron chi connectivity index (χ3n) is 3.62. The van der Waals surface area contributed by atoms with Gasteiger partial charge in [0.1, 0.15) is 5.75 Å². The van der Waals surface area contributed by atoms with Gasteiger partial charge in [-0.1, -0.05) is 45.2 Å². The molecule has 0 heterocycles. The summed E-state index contributed by atoms with van der Waals surface area (Å²) in [7, 11) is 1.72. The average Bonchev–Trinajstić information content (AvgIpc) is 2.45. The van der Waals surface area contributed by atoms with Crippen molar-refractivity contribution in [1.29, 1.82) is 0 Å². The fourth-order valence-corrected chi connectivity index (χ4v) is 2.47. The van der Waals surface area contributed by atoms with Crippen LogP contribution in [0.3, 0.4) is 0 Å². The third kappa shape index (κ3) is 5.65. The zero-order valence-corrected chi connectivity index (χ0v) is 12.9. The van der Waals surface area contributed by atoms with Crippen LogP contribution < -0.4 is 10.1 Å². The minimum atomic E-state index is 0.378. The molecule has 1 rings (SSSR count). The topological polar surface area (TPSA) is 21.3 Å². The van der Waals surface area contributed by atoms with Gasteiger partial charge in [0.25, 0.3) is 0 Å². The minimum Gasteiger partial charge on any atom is -0.497 e. The van der Waals surface area contributed by atoms with E-state index in [4.69, 9.17) is 4.74 Å². The van der Waals surface area contributed by atoms with E-state index in [2.05, 4.69) is 44.3 Å². The van der Waals surface area contributed by atoms with Crippen LogP contribution in [0.4, 0.5) is 0 Å². The standard InChI is InChI=1S/C17H29NO/c1-5-7-11-16(9-6-2)18-14(3)15-10-8-12-17(13-15)19-4/h8,10,12-14,16,18H,5-7,9,11H2,1-4H3. The SMILES string of the molecule is CCCCC(CCC)NC(C)c1cccc(OC)c1.